The highest BCUT2D eigenvalue weighted by molar-refractivity contribution is 6.02. The molecule has 1 aromatic heterocycles. The third kappa shape index (κ3) is 3.36. The van der Waals surface area contributed by atoms with E-state index in [9.17, 15) is 14.0 Å². The molecule has 1 N–H and O–H groups in total. The summed E-state index contributed by atoms with van der Waals surface area (Å²) in [7, 11) is 0. The molecule has 2 heterocycles. The average molecular weight is 369 g/mol. The van der Waals surface area contributed by atoms with E-state index < -0.39 is 11.9 Å². The van der Waals surface area contributed by atoms with Gasteiger partial charge >= 0.3 is 0 Å². The zero-order valence-electron chi connectivity index (χ0n) is 15.4. The molecule has 0 spiro atoms. The summed E-state index contributed by atoms with van der Waals surface area (Å²) in [5.41, 5.74) is 1.16. The van der Waals surface area contributed by atoms with Gasteiger partial charge in [-0.15, -0.1) is 0 Å². The normalized spacial score (nSPS) is 25.2. The highest BCUT2D eigenvalue weighted by atomic mass is 19.1. The van der Waals surface area contributed by atoms with E-state index in [2.05, 4.69) is 12.2 Å². The zero-order valence-corrected chi connectivity index (χ0v) is 15.4. The van der Waals surface area contributed by atoms with Crippen LogP contribution in [0.2, 0.25) is 0 Å². The number of halogens is 1. The third-order valence-corrected chi connectivity index (χ3v) is 5.75. The molecule has 2 amide bonds. The molecule has 142 valence electrons. The number of nitrogens with zero attached hydrogens (tertiary/aromatic N) is 2. The Morgan fingerprint density at radius 3 is 2.78 bits per heavy atom. The van der Waals surface area contributed by atoms with Crippen LogP contribution in [0.5, 0.6) is 0 Å². The molecule has 0 saturated heterocycles. The molecule has 1 fully saturated rings. The fraction of sp³-hybridized carbons (Fsp3) is 0.429. The van der Waals surface area contributed by atoms with Crippen LogP contribution >= 0.6 is 0 Å². The van der Waals surface area contributed by atoms with Crippen LogP contribution in [0.15, 0.2) is 42.6 Å². The van der Waals surface area contributed by atoms with Crippen LogP contribution in [0.4, 0.5) is 10.1 Å². The van der Waals surface area contributed by atoms with Gasteiger partial charge in [-0.25, -0.2) is 4.39 Å². The summed E-state index contributed by atoms with van der Waals surface area (Å²) in [6.45, 7) is 2.30. The topological polar surface area (TPSA) is 54.3 Å². The number of amides is 2. The van der Waals surface area contributed by atoms with Gasteiger partial charge in [0.15, 0.2) is 6.04 Å². The minimum atomic E-state index is -0.794. The molecule has 0 bridgehead atoms. The summed E-state index contributed by atoms with van der Waals surface area (Å²) in [5.74, 6) is -0.440. The van der Waals surface area contributed by atoms with Crippen LogP contribution in [-0.4, -0.2) is 22.4 Å². The van der Waals surface area contributed by atoms with Crippen LogP contribution in [0, 0.1) is 11.7 Å². The second-order valence-electron chi connectivity index (χ2n) is 7.58. The molecule has 1 saturated carbocycles. The first-order valence-corrected chi connectivity index (χ1v) is 9.57. The van der Waals surface area contributed by atoms with Crippen molar-refractivity contribution in [2.75, 3.05) is 4.90 Å². The standard InChI is InChI=1S/C21H24FN3O2/c1-14-6-2-3-9-17(14)23-21(27)20-18-10-5-11-24(18)13-19(26)25(20)16-8-4-7-15(22)12-16/h4-5,7-8,10-12,14,17,20H,2-3,6,9,13H2,1H3,(H,23,27). The largest absolute Gasteiger partial charge is 0.351 e. The maximum Gasteiger partial charge on any atom is 0.249 e. The van der Waals surface area contributed by atoms with Gasteiger partial charge in [0.2, 0.25) is 11.8 Å². The fourth-order valence-corrected chi connectivity index (χ4v) is 4.28. The Hall–Kier alpha value is -2.63. The molecule has 5 nitrogen and oxygen atoms in total. The number of benzene rings is 1. The molecule has 4 rings (SSSR count). The molecule has 3 atom stereocenters. The van der Waals surface area contributed by atoms with Crippen molar-refractivity contribution < 1.29 is 14.0 Å². The predicted octanol–water partition coefficient (Wildman–Crippen LogP) is 3.41. The van der Waals surface area contributed by atoms with Gasteiger partial charge in [-0.3, -0.25) is 14.5 Å². The van der Waals surface area contributed by atoms with Crippen LogP contribution in [0.1, 0.15) is 44.3 Å². The van der Waals surface area contributed by atoms with Gasteiger partial charge in [0, 0.05) is 17.9 Å². The van der Waals surface area contributed by atoms with Crippen molar-refractivity contribution in [2.45, 2.75) is 51.2 Å². The molecule has 0 radical (unpaired) electrons. The molecule has 1 aliphatic carbocycles. The highest BCUT2D eigenvalue weighted by Crippen LogP contribution is 2.33. The number of rotatable bonds is 3. The van der Waals surface area contributed by atoms with E-state index in [0.717, 1.165) is 25.0 Å². The van der Waals surface area contributed by atoms with Crippen molar-refractivity contribution >= 4 is 17.5 Å². The molecule has 3 unspecified atom stereocenters. The lowest BCUT2D eigenvalue weighted by Gasteiger charge is -2.38. The minimum absolute atomic E-state index is 0.112. The smallest absolute Gasteiger partial charge is 0.249 e. The number of carbonyl (C=O) groups excluding carboxylic acids is 2. The van der Waals surface area contributed by atoms with E-state index in [0.29, 0.717) is 11.6 Å². The number of fused-ring (bicyclic) bond motifs is 1. The molecule has 1 aromatic carbocycles. The quantitative estimate of drug-likeness (QED) is 0.901. The van der Waals surface area contributed by atoms with Crippen LogP contribution in [0.3, 0.4) is 0 Å². The Morgan fingerprint density at radius 2 is 2.00 bits per heavy atom. The maximum absolute atomic E-state index is 13.8. The Labute approximate surface area is 158 Å². The van der Waals surface area contributed by atoms with Gasteiger partial charge in [0.05, 0.1) is 5.69 Å². The summed E-state index contributed by atoms with van der Waals surface area (Å²) in [5, 5.41) is 3.16. The second-order valence-corrected chi connectivity index (χ2v) is 7.58. The van der Waals surface area contributed by atoms with Gasteiger partial charge in [0.25, 0.3) is 0 Å². The number of nitrogens with one attached hydrogen (secondary N) is 1. The summed E-state index contributed by atoms with van der Waals surface area (Å²) in [4.78, 5) is 27.5. The van der Waals surface area contributed by atoms with Crippen molar-refractivity contribution in [1.82, 2.24) is 9.88 Å². The van der Waals surface area contributed by atoms with Gasteiger partial charge in [0.1, 0.15) is 12.4 Å². The number of aromatic nitrogens is 1. The molecule has 2 aromatic rings. The van der Waals surface area contributed by atoms with E-state index in [1.54, 1.807) is 22.9 Å². The van der Waals surface area contributed by atoms with Crippen LogP contribution in [-0.2, 0) is 16.1 Å². The highest BCUT2D eigenvalue weighted by Gasteiger charge is 2.39. The lowest BCUT2D eigenvalue weighted by Crippen LogP contribution is -2.52. The van der Waals surface area contributed by atoms with Crippen molar-refractivity contribution in [1.29, 1.82) is 0 Å². The van der Waals surface area contributed by atoms with Gasteiger partial charge < -0.3 is 9.88 Å². The molecule has 2 aliphatic rings. The fourth-order valence-electron chi connectivity index (χ4n) is 4.28. The van der Waals surface area contributed by atoms with Crippen molar-refractivity contribution in [3.8, 4) is 0 Å². The second kappa shape index (κ2) is 7.18. The predicted molar refractivity (Wildman–Crippen MR) is 101 cm³/mol. The molecular weight excluding hydrogens is 345 g/mol. The summed E-state index contributed by atoms with van der Waals surface area (Å²) >= 11 is 0. The van der Waals surface area contributed by atoms with Crippen molar-refractivity contribution in [3.63, 3.8) is 0 Å². The number of anilines is 1. The van der Waals surface area contributed by atoms with Gasteiger partial charge in [-0.1, -0.05) is 25.8 Å². The summed E-state index contributed by atoms with van der Waals surface area (Å²) in [6.07, 6.45) is 6.14. The molecule has 6 heteroatoms. The Balaban J connectivity index is 1.69. The number of hydrogen-bond donors (Lipinski definition) is 1. The monoisotopic (exact) mass is 369 g/mol. The van der Waals surface area contributed by atoms with E-state index >= 15 is 0 Å². The minimum Gasteiger partial charge on any atom is -0.351 e. The van der Waals surface area contributed by atoms with Gasteiger partial charge in [-0.2, -0.15) is 0 Å². The number of carbonyl (C=O) groups is 2. The lowest BCUT2D eigenvalue weighted by molar-refractivity contribution is -0.129. The molecule has 1 aliphatic heterocycles. The van der Waals surface area contributed by atoms with Crippen molar-refractivity contribution in [3.05, 3.63) is 54.1 Å². The Morgan fingerprint density at radius 1 is 1.19 bits per heavy atom. The van der Waals surface area contributed by atoms with E-state index in [1.807, 2.05) is 12.1 Å². The molecular formula is C21H24FN3O2. The van der Waals surface area contributed by atoms with E-state index in [-0.39, 0.29) is 24.4 Å². The van der Waals surface area contributed by atoms with Crippen molar-refractivity contribution in [2.24, 2.45) is 5.92 Å². The number of hydrogen-bond acceptors (Lipinski definition) is 2. The summed E-state index contributed by atoms with van der Waals surface area (Å²) < 4.78 is 15.6. The summed E-state index contributed by atoms with van der Waals surface area (Å²) in [6, 6.07) is 8.87. The van der Waals surface area contributed by atoms with E-state index in [4.69, 9.17) is 0 Å². The van der Waals surface area contributed by atoms with Crippen LogP contribution in [0.25, 0.3) is 0 Å². The Kier molecular flexibility index (Phi) is 4.72. The maximum atomic E-state index is 13.8. The van der Waals surface area contributed by atoms with Gasteiger partial charge in [-0.05, 0) is 49.1 Å². The first kappa shape index (κ1) is 17.8. The Bertz CT molecular complexity index is 863. The first-order valence-electron chi connectivity index (χ1n) is 9.57. The average Bonchev–Trinajstić information content (AvgIpc) is 3.10. The first-order chi connectivity index (χ1) is 13.0. The van der Waals surface area contributed by atoms with Crippen LogP contribution < -0.4 is 10.2 Å². The SMILES string of the molecule is CC1CCCCC1NC(=O)C1c2cccn2CC(=O)N1c1cccc(F)c1. The van der Waals surface area contributed by atoms with E-state index in [1.165, 1.54) is 23.5 Å². The third-order valence-electron chi connectivity index (χ3n) is 5.75. The lowest BCUT2D eigenvalue weighted by atomic mass is 9.85. The molecule has 27 heavy (non-hydrogen) atoms. The zero-order chi connectivity index (χ0) is 19.0.